The first-order valence-corrected chi connectivity index (χ1v) is 9.16. The molecule has 26 heavy (non-hydrogen) atoms. The van der Waals surface area contributed by atoms with Crippen LogP contribution in [0.5, 0.6) is 5.75 Å². The minimum absolute atomic E-state index is 0.198. The van der Waals surface area contributed by atoms with Crippen LogP contribution in [0.1, 0.15) is 29.9 Å². The minimum atomic E-state index is -0.471. The summed E-state index contributed by atoms with van der Waals surface area (Å²) in [6.07, 6.45) is 1.71. The number of rotatable bonds is 9. The normalized spacial score (nSPS) is 10.3. The first kappa shape index (κ1) is 19.9. The fourth-order valence-electron chi connectivity index (χ4n) is 2.33. The molecule has 1 aromatic carbocycles. The zero-order valence-corrected chi connectivity index (χ0v) is 16.5. The van der Waals surface area contributed by atoms with Gasteiger partial charge in [0, 0.05) is 23.1 Å². The highest BCUT2D eigenvalue weighted by molar-refractivity contribution is 9.10. The van der Waals surface area contributed by atoms with Gasteiger partial charge in [0.15, 0.2) is 11.5 Å². The lowest BCUT2D eigenvalue weighted by molar-refractivity contribution is 0.0518. The molecule has 0 spiro atoms. The number of ether oxygens (including phenoxy) is 2. The molecule has 0 saturated carbocycles. The lowest BCUT2D eigenvalue weighted by atomic mass is 10.2. The lowest BCUT2D eigenvalue weighted by Gasteiger charge is -2.23. The summed E-state index contributed by atoms with van der Waals surface area (Å²) in [5.41, 5.74) is 1.21. The van der Waals surface area contributed by atoms with Gasteiger partial charge in [-0.2, -0.15) is 0 Å². The Morgan fingerprint density at radius 3 is 2.69 bits per heavy atom. The second kappa shape index (κ2) is 9.91. The number of esters is 1. The minimum Gasteiger partial charge on any atom is -0.489 e. The van der Waals surface area contributed by atoms with Gasteiger partial charge in [-0.05, 0) is 44.2 Å². The average molecular weight is 420 g/mol. The van der Waals surface area contributed by atoms with Crippen molar-refractivity contribution in [2.75, 3.05) is 24.7 Å². The number of nitrogens with zero attached hydrogens (tertiary/aromatic N) is 3. The van der Waals surface area contributed by atoms with Crippen LogP contribution in [0.25, 0.3) is 0 Å². The van der Waals surface area contributed by atoms with Crippen LogP contribution >= 0.6 is 15.9 Å². The van der Waals surface area contributed by atoms with Crippen molar-refractivity contribution < 1.29 is 14.3 Å². The smallest absolute Gasteiger partial charge is 0.358 e. The predicted molar refractivity (Wildman–Crippen MR) is 105 cm³/mol. The maximum absolute atomic E-state index is 11.7. The van der Waals surface area contributed by atoms with E-state index in [1.54, 1.807) is 25.1 Å². The highest BCUT2D eigenvalue weighted by Crippen LogP contribution is 2.26. The molecule has 2 aromatic rings. The number of hydrogen-bond acceptors (Lipinski definition) is 6. The van der Waals surface area contributed by atoms with E-state index in [0.717, 1.165) is 22.3 Å². The number of hydrogen-bond donors (Lipinski definition) is 0. The van der Waals surface area contributed by atoms with Gasteiger partial charge in [-0.25, -0.2) is 4.79 Å². The van der Waals surface area contributed by atoms with Crippen LogP contribution in [0.2, 0.25) is 0 Å². The molecule has 1 aromatic heterocycles. The van der Waals surface area contributed by atoms with Crippen LogP contribution in [-0.4, -0.2) is 35.9 Å². The number of carbonyl (C=O) groups is 1. The highest BCUT2D eigenvalue weighted by Gasteiger charge is 2.14. The third-order valence-electron chi connectivity index (χ3n) is 3.58. The molecular weight excluding hydrogens is 398 g/mol. The Balaban J connectivity index is 2.20. The van der Waals surface area contributed by atoms with Gasteiger partial charge in [0.05, 0.1) is 6.61 Å². The van der Waals surface area contributed by atoms with Crippen molar-refractivity contribution in [3.8, 4) is 5.75 Å². The Labute approximate surface area is 162 Å². The van der Waals surface area contributed by atoms with Crippen molar-refractivity contribution in [3.63, 3.8) is 0 Å². The highest BCUT2D eigenvalue weighted by atomic mass is 79.9. The molecule has 0 fully saturated rings. The summed E-state index contributed by atoms with van der Waals surface area (Å²) in [4.78, 5) is 13.7. The van der Waals surface area contributed by atoms with Crippen LogP contribution in [0.15, 0.2) is 47.5 Å². The quantitative estimate of drug-likeness (QED) is 0.451. The van der Waals surface area contributed by atoms with Gasteiger partial charge >= 0.3 is 5.97 Å². The van der Waals surface area contributed by atoms with Crippen molar-refractivity contribution in [2.45, 2.75) is 20.4 Å². The molecule has 0 atom stereocenters. The first-order chi connectivity index (χ1) is 12.6. The average Bonchev–Trinajstić information content (AvgIpc) is 2.65. The maximum atomic E-state index is 11.7. The fourth-order valence-corrected chi connectivity index (χ4v) is 2.74. The maximum Gasteiger partial charge on any atom is 0.358 e. The van der Waals surface area contributed by atoms with E-state index >= 15 is 0 Å². The Morgan fingerprint density at radius 1 is 1.27 bits per heavy atom. The van der Waals surface area contributed by atoms with Crippen LogP contribution in [0, 0.1) is 0 Å². The van der Waals surface area contributed by atoms with Gasteiger partial charge in [0.2, 0.25) is 0 Å². The van der Waals surface area contributed by atoms with Gasteiger partial charge in [0.1, 0.15) is 12.4 Å². The molecule has 0 aliphatic carbocycles. The molecule has 7 heteroatoms. The van der Waals surface area contributed by atoms with Gasteiger partial charge in [-0.15, -0.1) is 10.2 Å². The summed E-state index contributed by atoms with van der Waals surface area (Å²) in [6, 6.07) is 9.27. The third-order valence-corrected chi connectivity index (χ3v) is 4.07. The SMILES string of the molecule is C=CCOc1ccc(Br)cc1CN(CC)c1ccc(C(=O)OCC)nn1. The number of carbonyl (C=O) groups excluding carboxylic acids is 1. The Bertz CT molecular complexity index is 750. The van der Waals surface area contributed by atoms with E-state index in [1.807, 2.05) is 30.0 Å². The molecular formula is C19H22BrN3O3. The van der Waals surface area contributed by atoms with Crippen LogP contribution in [0.3, 0.4) is 0 Å². The monoisotopic (exact) mass is 419 g/mol. The van der Waals surface area contributed by atoms with E-state index in [-0.39, 0.29) is 5.69 Å². The van der Waals surface area contributed by atoms with Crippen LogP contribution in [0.4, 0.5) is 5.82 Å². The summed E-state index contributed by atoms with van der Waals surface area (Å²) >= 11 is 3.50. The topological polar surface area (TPSA) is 64.5 Å². The number of benzene rings is 1. The van der Waals surface area contributed by atoms with Gasteiger partial charge in [0.25, 0.3) is 0 Å². The van der Waals surface area contributed by atoms with Crippen LogP contribution < -0.4 is 9.64 Å². The predicted octanol–water partition coefficient (Wildman–Crippen LogP) is 4.01. The Morgan fingerprint density at radius 2 is 2.08 bits per heavy atom. The molecule has 2 rings (SSSR count). The summed E-state index contributed by atoms with van der Waals surface area (Å²) in [5.74, 6) is 1.000. The number of halogens is 1. The van der Waals surface area contributed by atoms with Crippen molar-refractivity contribution in [1.82, 2.24) is 10.2 Å². The molecule has 0 N–H and O–H groups in total. The van der Waals surface area contributed by atoms with Crippen molar-refractivity contribution in [2.24, 2.45) is 0 Å². The van der Waals surface area contributed by atoms with Gasteiger partial charge < -0.3 is 14.4 Å². The summed E-state index contributed by atoms with van der Waals surface area (Å²) in [6.45, 7) is 9.53. The standard InChI is InChI=1S/C19H22BrN3O3/c1-4-11-26-17-9-7-15(20)12-14(17)13-23(5-2)18-10-8-16(21-22-18)19(24)25-6-3/h4,7-10,12H,1,5-6,11,13H2,2-3H3. The first-order valence-electron chi connectivity index (χ1n) is 8.36. The molecule has 138 valence electrons. The second-order valence-corrected chi connectivity index (χ2v) is 6.28. The Hall–Kier alpha value is -2.41. The molecule has 0 aliphatic rings. The Kier molecular flexibility index (Phi) is 7.59. The number of anilines is 1. The zero-order chi connectivity index (χ0) is 18.9. The molecule has 1 heterocycles. The third kappa shape index (κ3) is 5.29. The fraction of sp³-hybridized carbons (Fsp3) is 0.316. The molecule has 0 aliphatic heterocycles. The summed E-state index contributed by atoms with van der Waals surface area (Å²) < 4.78 is 11.6. The summed E-state index contributed by atoms with van der Waals surface area (Å²) in [5, 5.41) is 8.15. The van der Waals surface area contributed by atoms with Crippen molar-refractivity contribution in [3.05, 3.63) is 58.7 Å². The molecule has 0 radical (unpaired) electrons. The molecule has 0 bridgehead atoms. The second-order valence-electron chi connectivity index (χ2n) is 5.36. The number of aromatic nitrogens is 2. The van der Waals surface area contributed by atoms with E-state index in [0.29, 0.717) is 25.6 Å². The molecule has 6 nitrogen and oxygen atoms in total. The van der Waals surface area contributed by atoms with E-state index in [4.69, 9.17) is 9.47 Å². The zero-order valence-electron chi connectivity index (χ0n) is 14.9. The van der Waals surface area contributed by atoms with E-state index in [1.165, 1.54) is 0 Å². The van der Waals surface area contributed by atoms with Gasteiger partial charge in [-0.3, -0.25) is 0 Å². The van der Waals surface area contributed by atoms with Crippen molar-refractivity contribution >= 4 is 27.7 Å². The largest absolute Gasteiger partial charge is 0.489 e. The van der Waals surface area contributed by atoms with Crippen molar-refractivity contribution in [1.29, 1.82) is 0 Å². The van der Waals surface area contributed by atoms with E-state index in [9.17, 15) is 4.79 Å². The molecule has 0 saturated heterocycles. The van der Waals surface area contributed by atoms with Crippen LogP contribution in [-0.2, 0) is 11.3 Å². The molecule has 0 amide bonds. The van der Waals surface area contributed by atoms with E-state index in [2.05, 4.69) is 32.7 Å². The lowest BCUT2D eigenvalue weighted by Crippen LogP contribution is -2.24. The van der Waals surface area contributed by atoms with Gasteiger partial charge in [-0.1, -0.05) is 28.6 Å². The van der Waals surface area contributed by atoms with E-state index < -0.39 is 5.97 Å². The summed E-state index contributed by atoms with van der Waals surface area (Å²) in [7, 11) is 0. The molecule has 0 unspecified atom stereocenters.